The van der Waals surface area contributed by atoms with Crippen LogP contribution in [0.3, 0.4) is 0 Å². The summed E-state index contributed by atoms with van der Waals surface area (Å²) in [5, 5.41) is 4.69. The van der Waals surface area contributed by atoms with E-state index in [0.717, 1.165) is 11.8 Å². The first-order valence-corrected chi connectivity index (χ1v) is 6.93. The van der Waals surface area contributed by atoms with Crippen molar-refractivity contribution < 1.29 is 18.4 Å². The fourth-order valence-electron chi connectivity index (χ4n) is 1.42. The lowest BCUT2D eigenvalue weighted by Gasteiger charge is -2.00. The Bertz CT molecular complexity index is 642. The van der Waals surface area contributed by atoms with Crippen LogP contribution in [0, 0.1) is 5.82 Å². The van der Waals surface area contributed by atoms with E-state index in [2.05, 4.69) is 15.6 Å². The maximum atomic E-state index is 12.8. The number of hydrogen-bond donors (Lipinski definition) is 2. The topological polar surface area (TPSA) is 84.2 Å². The maximum Gasteiger partial charge on any atom is 0.321 e. The Balaban J connectivity index is 1.93. The summed E-state index contributed by atoms with van der Waals surface area (Å²) in [7, 11) is 1.42. The molecule has 8 heteroatoms. The summed E-state index contributed by atoms with van der Waals surface area (Å²) in [6.07, 6.45) is 1.49. The second-order valence-corrected chi connectivity index (χ2v) is 4.84. The van der Waals surface area contributed by atoms with Crippen molar-refractivity contribution in [2.45, 2.75) is 5.22 Å². The summed E-state index contributed by atoms with van der Waals surface area (Å²) in [6.45, 7) is 0. The molecule has 1 aromatic heterocycles. The van der Waals surface area contributed by atoms with E-state index in [1.54, 1.807) is 12.1 Å². The van der Waals surface area contributed by atoms with Gasteiger partial charge in [-0.1, -0.05) is 11.8 Å². The van der Waals surface area contributed by atoms with Gasteiger partial charge in [-0.2, -0.15) is 0 Å². The highest BCUT2D eigenvalue weighted by molar-refractivity contribution is 7.99. The fraction of sp³-hybridized carbons (Fsp3) is 0.154. The van der Waals surface area contributed by atoms with Gasteiger partial charge in [0, 0.05) is 12.6 Å². The smallest absolute Gasteiger partial charge is 0.321 e. The van der Waals surface area contributed by atoms with Gasteiger partial charge >= 0.3 is 6.03 Å². The molecular formula is C13H12FN3O3S. The minimum absolute atomic E-state index is 0.00318. The normalized spacial score (nSPS) is 10.2. The lowest BCUT2D eigenvalue weighted by molar-refractivity contribution is -0.117. The van der Waals surface area contributed by atoms with Gasteiger partial charge in [-0.05, 0) is 24.3 Å². The molecule has 1 aromatic carbocycles. The van der Waals surface area contributed by atoms with Crippen molar-refractivity contribution >= 4 is 23.7 Å². The summed E-state index contributed by atoms with van der Waals surface area (Å²) >= 11 is 1.06. The molecule has 21 heavy (non-hydrogen) atoms. The van der Waals surface area contributed by atoms with Crippen LogP contribution in [0.4, 0.5) is 9.18 Å². The zero-order valence-corrected chi connectivity index (χ0v) is 11.9. The van der Waals surface area contributed by atoms with Crippen LogP contribution in [0.2, 0.25) is 0 Å². The van der Waals surface area contributed by atoms with Gasteiger partial charge in [0.1, 0.15) is 5.82 Å². The first-order valence-electron chi connectivity index (χ1n) is 5.94. The Labute approximate surface area is 124 Å². The average molecular weight is 309 g/mol. The number of benzene rings is 1. The Hall–Kier alpha value is -2.35. The summed E-state index contributed by atoms with van der Waals surface area (Å²) < 4.78 is 18.3. The summed E-state index contributed by atoms with van der Waals surface area (Å²) in [5.41, 5.74) is 0.686. The highest BCUT2D eigenvalue weighted by Crippen LogP contribution is 2.25. The number of nitrogens with zero attached hydrogens (tertiary/aromatic N) is 1. The van der Waals surface area contributed by atoms with Gasteiger partial charge in [-0.15, -0.1) is 0 Å². The van der Waals surface area contributed by atoms with Gasteiger partial charge in [-0.25, -0.2) is 14.2 Å². The number of imide groups is 1. The van der Waals surface area contributed by atoms with Crippen LogP contribution < -0.4 is 10.6 Å². The molecule has 0 unspecified atom stereocenters. The molecule has 0 aliphatic carbocycles. The van der Waals surface area contributed by atoms with Gasteiger partial charge in [-0.3, -0.25) is 10.1 Å². The van der Waals surface area contributed by atoms with Crippen LogP contribution in [0.15, 0.2) is 40.1 Å². The number of nitrogens with one attached hydrogen (secondary N) is 2. The molecule has 0 aliphatic heterocycles. The predicted molar refractivity (Wildman–Crippen MR) is 75.2 cm³/mol. The van der Waals surface area contributed by atoms with Crippen LogP contribution in [0.1, 0.15) is 0 Å². The molecule has 2 rings (SSSR count). The maximum absolute atomic E-state index is 12.8. The minimum atomic E-state index is -0.569. The molecule has 0 atom stereocenters. The number of urea groups is 1. The van der Waals surface area contributed by atoms with Crippen molar-refractivity contribution in [3.8, 4) is 11.3 Å². The van der Waals surface area contributed by atoms with Crippen LogP contribution in [-0.2, 0) is 4.79 Å². The van der Waals surface area contributed by atoms with E-state index >= 15 is 0 Å². The Morgan fingerprint density at radius 1 is 1.33 bits per heavy atom. The van der Waals surface area contributed by atoms with E-state index in [4.69, 9.17) is 4.42 Å². The molecule has 1 heterocycles. The third-order valence-corrected chi connectivity index (χ3v) is 3.26. The Morgan fingerprint density at radius 3 is 2.71 bits per heavy atom. The third kappa shape index (κ3) is 4.32. The highest BCUT2D eigenvalue weighted by atomic mass is 32.2. The van der Waals surface area contributed by atoms with Crippen molar-refractivity contribution in [1.29, 1.82) is 0 Å². The van der Waals surface area contributed by atoms with Crippen molar-refractivity contribution in [3.05, 3.63) is 36.3 Å². The van der Waals surface area contributed by atoms with Crippen LogP contribution in [0.5, 0.6) is 0 Å². The quantitative estimate of drug-likeness (QED) is 0.844. The number of halogens is 1. The average Bonchev–Trinajstić information content (AvgIpc) is 2.94. The van der Waals surface area contributed by atoms with Gasteiger partial charge < -0.3 is 9.73 Å². The SMILES string of the molecule is CNC(=O)NC(=O)CSc1ncc(-c2ccc(F)cc2)o1. The molecular weight excluding hydrogens is 297 g/mol. The Kier molecular flexibility index (Phi) is 4.94. The number of amides is 3. The number of hydrogen-bond acceptors (Lipinski definition) is 5. The monoisotopic (exact) mass is 309 g/mol. The Morgan fingerprint density at radius 2 is 2.05 bits per heavy atom. The van der Waals surface area contributed by atoms with Crippen molar-refractivity contribution in [2.24, 2.45) is 0 Å². The lowest BCUT2D eigenvalue weighted by Crippen LogP contribution is -2.38. The first kappa shape index (κ1) is 15.0. The molecule has 0 saturated heterocycles. The number of carbonyl (C=O) groups is 2. The molecule has 0 radical (unpaired) electrons. The number of carbonyl (C=O) groups excluding carboxylic acids is 2. The van der Waals surface area contributed by atoms with Gasteiger partial charge in [0.25, 0.3) is 5.22 Å². The van der Waals surface area contributed by atoms with Crippen LogP contribution >= 0.6 is 11.8 Å². The summed E-state index contributed by atoms with van der Waals surface area (Å²) in [5.74, 6) is -0.319. The number of rotatable bonds is 4. The standard InChI is InChI=1S/C13H12FN3O3S/c1-15-12(19)17-11(18)7-21-13-16-6-10(20-13)8-2-4-9(14)5-3-8/h2-6H,7H2,1H3,(H2,15,17,18,19). The van der Waals surface area contributed by atoms with E-state index in [1.165, 1.54) is 25.4 Å². The highest BCUT2D eigenvalue weighted by Gasteiger charge is 2.11. The zero-order chi connectivity index (χ0) is 15.2. The van der Waals surface area contributed by atoms with Gasteiger partial charge in [0.15, 0.2) is 5.76 Å². The van der Waals surface area contributed by atoms with Crippen LogP contribution in [0.25, 0.3) is 11.3 Å². The molecule has 110 valence electrons. The van der Waals surface area contributed by atoms with E-state index in [1.807, 2.05) is 0 Å². The van der Waals surface area contributed by atoms with Crippen LogP contribution in [-0.4, -0.2) is 29.7 Å². The number of oxazole rings is 1. The first-order chi connectivity index (χ1) is 10.1. The van der Waals surface area contributed by atoms with Crippen molar-refractivity contribution in [1.82, 2.24) is 15.6 Å². The molecule has 0 fully saturated rings. The van der Waals surface area contributed by atoms with Crippen molar-refractivity contribution in [3.63, 3.8) is 0 Å². The minimum Gasteiger partial charge on any atom is -0.431 e. The van der Waals surface area contributed by atoms with E-state index in [9.17, 15) is 14.0 Å². The molecule has 0 spiro atoms. The number of aromatic nitrogens is 1. The van der Waals surface area contributed by atoms with E-state index in [-0.39, 0.29) is 11.6 Å². The largest absolute Gasteiger partial charge is 0.431 e. The molecule has 6 nitrogen and oxygen atoms in total. The molecule has 0 aliphatic rings. The molecule has 0 bridgehead atoms. The molecule has 2 aromatic rings. The molecule has 2 N–H and O–H groups in total. The second kappa shape index (κ2) is 6.89. The fourth-order valence-corrected chi connectivity index (χ4v) is 2.03. The molecule has 3 amide bonds. The van der Waals surface area contributed by atoms with Crippen molar-refractivity contribution in [2.75, 3.05) is 12.8 Å². The van der Waals surface area contributed by atoms with Gasteiger partial charge in [0.05, 0.1) is 11.9 Å². The van der Waals surface area contributed by atoms with E-state index < -0.39 is 11.9 Å². The summed E-state index contributed by atoms with van der Waals surface area (Å²) in [4.78, 5) is 26.3. The lowest BCUT2D eigenvalue weighted by atomic mass is 10.2. The predicted octanol–water partition coefficient (Wildman–Crippen LogP) is 2.03. The second-order valence-electron chi connectivity index (χ2n) is 3.91. The van der Waals surface area contributed by atoms with Gasteiger partial charge in [0.2, 0.25) is 5.91 Å². The summed E-state index contributed by atoms with van der Waals surface area (Å²) in [6, 6.07) is 5.22. The zero-order valence-electron chi connectivity index (χ0n) is 11.1. The number of thioether (sulfide) groups is 1. The van der Waals surface area contributed by atoms with E-state index in [0.29, 0.717) is 16.5 Å². The molecule has 0 saturated carbocycles. The third-order valence-electron chi connectivity index (χ3n) is 2.42.